The lowest BCUT2D eigenvalue weighted by Gasteiger charge is -2.19. The molecule has 0 fully saturated rings. The van der Waals surface area contributed by atoms with E-state index in [1.807, 2.05) is 19.9 Å². The van der Waals surface area contributed by atoms with Gasteiger partial charge in [0.1, 0.15) is 11.6 Å². The number of nitrogens with zero attached hydrogens (tertiary/aromatic N) is 2. The van der Waals surface area contributed by atoms with Gasteiger partial charge in [0, 0.05) is 25.3 Å². The van der Waals surface area contributed by atoms with Gasteiger partial charge in [-0.25, -0.2) is 0 Å². The first kappa shape index (κ1) is 16.0. The van der Waals surface area contributed by atoms with Crippen LogP contribution in [0, 0.1) is 11.3 Å². The third-order valence-electron chi connectivity index (χ3n) is 2.46. The van der Waals surface area contributed by atoms with E-state index in [1.165, 1.54) is 11.1 Å². The molecule has 4 heteroatoms. The van der Waals surface area contributed by atoms with Crippen molar-refractivity contribution in [3.05, 3.63) is 37.1 Å². The van der Waals surface area contributed by atoms with Crippen molar-refractivity contribution in [1.82, 2.24) is 10.2 Å². The molecular weight excluding hydrogens is 226 g/mol. The smallest absolute Gasteiger partial charge is 0.266 e. The zero-order valence-corrected chi connectivity index (χ0v) is 11.1. The maximum atomic E-state index is 12.1. The molecular formula is C14H21N3O. The second-order valence-electron chi connectivity index (χ2n) is 3.93. The van der Waals surface area contributed by atoms with E-state index in [1.54, 1.807) is 12.2 Å². The van der Waals surface area contributed by atoms with E-state index in [0.717, 1.165) is 6.42 Å². The highest BCUT2D eigenvalue weighted by molar-refractivity contribution is 5.97. The molecule has 0 aromatic carbocycles. The van der Waals surface area contributed by atoms with Gasteiger partial charge in [-0.2, -0.15) is 5.26 Å². The van der Waals surface area contributed by atoms with E-state index >= 15 is 0 Å². The summed E-state index contributed by atoms with van der Waals surface area (Å²) in [5, 5.41) is 12.0. The minimum atomic E-state index is -0.312. The third-order valence-corrected chi connectivity index (χ3v) is 2.46. The largest absolute Gasteiger partial charge is 0.387 e. The summed E-state index contributed by atoms with van der Waals surface area (Å²) < 4.78 is 0. The Balaban J connectivity index is 4.81. The average Bonchev–Trinajstić information content (AvgIpc) is 2.38. The van der Waals surface area contributed by atoms with E-state index in [-0.39, 0.29) is 17.5 Å². The Morgan fingerprint density at radius 2 is 2.00 bits per heavy atom. The number of nitrogens with one attached hydrogen (secondary N) is 1. The molecule has 0 bridgehead atoms. The van der Waals surface area contributed by atoms with Crippen LogP contribution in [0.5, 0.6) is 0 Å². The molecule has 0 aromatic rings. The number of hydrogen-bond donors (Lipinski definition) is 1. The van der Waals surface area contributed by atoms with Crippen LogP contribution in [0.15, 0.2) is 37.1 Å². The molecule has 0 aromatic heterocycles. The van der Waals surface area contributed by atoms with Gasteiger partial charge in [-0.3, -0.25) is 4.79 Å². The van der Waals surface area contributed by atoms with Crippen molar-refractivity contribution >= 4 is 5.91 Å². The first-order chi connectivity index (χ1) is 8.60. The van der Waals surface area contributed by atoms with Crippen LogP contribution in [0.1, 0.15) is 20.3 Å². The highest BCUT2D eigenvalue weighted by atomic mass is 16.2. The van der Waals surface area contributed by atoms with Crippen molar-refractivity contribution in [3.8, 4) is 6.07 Å². The topological polar surface area (TPSA) is 56.1 Å². The number of carbonyl (C=O) groups is 1. The van der Waals surface area contributed by atoms with Gasteiger partial charge in [-0.05, 0) is 13.3 Å². The quantitative estimate of drug-likeness (QED) is 0.405. The highest BCUT2D eigenvalue weighted by Crippen LogP contribution is 2.02. The van der Waals surface area contributed by atoms with E-state index in [2.05, 4.69) is 18.5 Å². The number of carbonyl (C=O) groups excluding carboxylic acids is 1. The predicted octanol–water partition coefficient (Wildman–Crippen LogP) is 1.98. The van der Waals surface area contributed by atoms with Crippen LogP contribution in [-0.2, 0) is 4.79 Å². The van der Waals surface area contributed by atoms with Gasteiger partial charge in [0.15, 0.2) is 0 Å². The molecule has 1 unspecified atom stereocenters. The van der Waals surface area contributed by atoms with Crippen LogP contribution in [0.4, 0.5) is 0 Å². The lowest BCUT2D eigenvalue weighted by molar-refractivity contribution is -0.125. The molecule has 0 aliphatic carbocycles. The molecule has 0 aliphatic rings. The van der Waals surface area contributed by atoms with E-state index in [9.17, 15) is 4.79 Å². The summed E-state index contributed by atoms with van der Waals surface area (Å²) in [6, 6.07) is 2.15. The molecule has 1 N–H and O–H groups in total. The predicted molar refractivity (Wildman–Crippen MR) is 73.6 cm³/mol. The normalized spacial score (nSPS) is 12.2. The third kappa shape index (κ3) is 5.35. The fraction of sp³-hybridized carbons (Fsp3) is 0.429. The highest BCUT2D eigenvalue weighted by Gasteiger charge is 2.16. The molecule has 0 rings (SSSR count). The molecule has 0 saturated heterocycles. The van der Waals surface area contributed by atoms with Crippen LogP contribution in [0.3, 0.4) is 0 Å². The van der Waals surface area contributed by atoms with Gasteiger partial charge in [0.05, 0.1) is 0 Å². The maximum Gasteiger partial charge on any atom is 0.266 e. The Kier molecular flexibility index (Phi) is 8.04. The van der Waals surface area contributed by atoms with Gasteiger partial charge in [-0.15, -0.1) is 13.2 Å². The van der Waals surface area contributed by atoms with Crippen molar-refractivity contribution in [2.24, 2.45) is 0 Å². The molecule has 18 heavy (non-hydrogen) atoms. The number of amides is 1. The maximum absolute atomic E-state index is 12.1. The summed E-state index contributed by atoms with van der Waals surface area (Å²) in [7, 11) is 0. The summed E-state index contributed by atoms with van der Waals surface area (Å²) >= 11 is 0. The van der Waals surface area contributed by atoms with Crippen LogP contribution in [0.25, 0.3) is 0 Å². The molecule has 98 valence electrons. The first-order valence-electron chi connectivity index (χ1n) is 5.98. The van der Waals surface area contributed by atoms with E-state index < -0.39 is 0 Å². The van der Waals surface area contributed by atoms with Crippen LogP contribution >= 0.6 is 0 Å². The van der Waals surface area contributed by atoms with Crippen molar-refractivity contribution in [3.63, 3.8) is 0 Å². The number of rotatable bonds is 8. The number of nitriles is 1. The second kappa shape index (κ2) is 9.06. The summed E-state index contributed by atoms with van der Waals surface area (Å²) in [5.41, 5.74) is 0.0963. The van der Waals surface area contributed by atoms with Crippen molar-refractivity contribution in [1.29, 1.82) is 5.26 Å². The summed E-state index contributed by atoms with van der Waals surface area (Å²) in [6.07, 6.45) is 5.65. The van der Waals surface area contributed by atoms with Crippen molar-refractivity contribution < 1.29 is 4.79 Å². The fourth-order valence-electron chi connectivity index (χ4n) is 1.21. The van der Waals surface area contributed by atoms with Gasteiger partial charge in [0.25, 0.3) is 5.91 Å². The van der Waals surface area contributed by atoms with Crippen LogP contribution < -0.4 is 5.32 Å². The standard InChI is InChI=1S/C14H21N3O/c1-5-8-17(9-6-2)14(18)13(10-15)11-16-12(4)7-3/h5-6,11-12,16H,1-2,7-9H2,3-4H3/b13-11-. The molecule has 1 atom stereocenters. The molecule has 4 nitrogen and oxygen atoms in total. The Labute approximate surface area is 109 Å². The summed E-state index contributed by atoms with van der Waals surface area (Å²) in [6.45, 7) is 12.0. The van der Waals surface area contributed by atoms with Crippen LogP contribution in [-0.4, -0.2) is 29.9 Å². The van der Waals surface area contributed by atoms with Crippen molar-refractivity contribution in [2.75, 3.05) is 13.1 Å². The second-order valence-corrected chi connectivity index (χ2v) is 3.93. The van der Waals surface area contributed by atoms with Gasteiger partial charge in [-0.1, -0.05) is 19.1 Å². The SMILES string of the molecule is C=CCN(CC=C)C(=O)/C(C#N)=C\NC(C)CC. The minimum Gasteiger partial charge on any atom is -0.387 e. The van der Waals surface area contributed by atoms with Crippen molar-refractivity contribution in [2.45, 2.75) is 26.3 Å². The zero-order valence-electron chi connectivity index (χ0n) is 11.1. The lowest BCUT2D eigenvalue weighted by atomic mass is 10.2. The minimum absolute atomic E-state index is 0.0963. The molecule has 0 radical (unpaired) electrons. The number of hydrogen-bond acceptors (Lipinski definition) is 3. The molecule has 0 spiro atoms. The molecule has 0 saturated carbocycles. The Morgan fingerprint density at radius 1 is 1.44 bits per heavy atom. The fourth-order valence-corrected chi connectivity index (χ4v) is 1.21. The average molecular weight is 247 g/mol. The summed E-state index contributed by atoms with van der Waals surface area (Å²) in [4.78, 5) is 13.6. The Hall–Kier alpha value is -2.02. The van der Waals surface area contributed by atoms with E-state index in [4.69, 9.17) is 5.26 Å². The summed E-state index contributed by atoms with van der Waals surface area (Å²) in [5.74, 6) is -0.312. The van der Waals surface area contributed by atoms with Gasteiger partial charge in [0.2, 0.25) is 0 Å². The Morgan fingerprint density at radius 3 is 2.39 bits per heavy atom. The monoisotopic (exact) mass is 247 g/mol. The van der Waals surface area contributed by atoms with Crippen LogP contribution in [0.2, 0.25) is 0 Å². The zero-order chi connectivity index (χ0) is 14.0. The van der Waals surface area contributed by atoms with Gasteiger partial charge < -0.3 is 10.2 Å². The Bertz CT molecular complexity index is 356. The molecule has 0 aliphatic heterocycles. The van der Waals surface area contributed by atoms with E-state index in [0.29, 0.717) is 13.1 Å². The molecule has 1 amide bonds. The van der Waals surface area contributed by atoms with Gasteiger partial charge >= 0.3 is 0 Å². The molecule has 0 heterocycles. The lowest BCUT2D eigenvalue weighted by Crippen LogP contribution is -2.33. The first-order valence-corrected chi connectivity index (χ1v) is 5.98.